The minimum absolute atomic E-state index is 0.0955. The predicted molar refractivity (Wildman–Crippen MR) is 61.2 cm³/mol. The van der Waals surface area contributed by atoms with E-state index in [0.29, 0.717) is 31.9 Å². The number of halogens is 4. The number of alkyl halides is 3. The van der Waals surface area contributed by atoms with Crippen LogP contribution in [0, 0.1) is 5.82 Å². The highest BCUT2D eigenvalue weighted by atomic mass is 19.4. The van der Waals surface area contributed by atoms with Crippen molar-refractivity contribution in [3.63, 3.8) is 0 Å². The molecule has 0 aliphatic carbocycles. The smallest absolute Gasteiger partial charge is 0.330 e. The lowest BCUT2D eigenvalue weighted by molar-refractivity contribution is -0.137. The average Bonchev–Trinajstić information content (AvgIpc) is 2.28. The van der Waals surface area contributed by atoms with Crippen LogP contribution in [0.15, 0.2) is 18.2 Å². The fourth-order valence-electron chi connectivity index (χ4n) is 1.67. The summed E-state index contributed by atoms with van der Waals surface area (Å²) in [6.45, 7) is 0.484. The fourth-order valence-corrected chi connectivity index (χ4v) is 1.67. The summed E-state index contributed by atoms with van der Waals surface area (Å²) < 4.78 is 50.9. The van der Waals surface area contributed by atoms with Gasteiger partial charge in [-0.2, -0.15) is 13.2 Å². The number of benzene rings is 1. The van der Waals surface area contributed by atoms with Crippen LogP contribution in [-0.4, -0.2) is 6.54 Å². The van der Waals surface area contributed by atoms with E-state index in [1.54, 1.807) is 0 Å². The predicted octanol–water partition coefficient (Wildman–Crippen LogP) is 2.97. The second-order valence-electron chi connectivity index (χ2n) is 4.13. The minimum Gasteiger partial charge on any atom is -0.330 e. The first-order chi connectivity index (χ1) is 8.36. The fraction of sp³-hybridized carbons (Fsp3) is 0.500. The highest BCUT2D eigenvalue weighted by molar-refractivity contribution is 5.29. The Morgan fingerprint density at radius 3 is 2.39 bits per heavy atom. The van der Waals surface area contributed by atoms with E-state index in [-0.39, 0.29) is 5.56 Å². The zero-order valence-corrected chi connectivity index (χ0v) is 9.80. The number of rotatable bonds is 5. The quantitative estimate of drug-likeness (QED) is 0.634. The van der Waals surface area contributed by atoms with Crippen molar-refractivity contribution in [3.8, 4) is 0 Å². The molecule has 0 aliphatic rings. The third-order valence-electron chi connectivity index (χ3n) is 2.69. The molecule has 0 spiro atoms. The summed E-state index contributed by atoms with van der Waals surface area (Å²) in [5.74, 6) is -0.705. The molecule has 18 heavy (non-hydrogen) atoms. The monoisotopic (exact) mass is 264 g/mol. The molecule has 6 heteroatoms. The molecule has 0 radical (unpaired) electrons. The molecular formula is C12H16F4N2. The van der Waals surface area contributed by atoms with Gasteiger partial charge in [-0.25, -0.2) is 4.39 Å². The maximum absolute atomic E-state index is 13.4. The molecule has 2 nitrogen and oxygen atoms in total. The Kier molecular flexibility index (Phi) is 5.10. The van der Waals surface area contributed by atoms with Gasteiger partial charge in [0.15, 0.2) is 0 Å². The van der Waals surface area contributed by atoms with E-state index in [9.17, 15) is 17.6 Å². The molecule has 0 heterocycles. The molecule has 1 aromatic carbocycles. The summed E-state index contributed by atoms with van der Waals surface area (Å²) in [5.41, 5.74) is 10.0. The lowest BCUT2D eigenvalue weighted by Gasteiger charge is -2.15. The zero-order chi connectivity index (χ0) is 13.8. The molecule has 0 saturated carbocycles. The summed E-state index contributed by atoms with van der Waals surface area (Å²) >= 11 is 0. The molecule has 0 aliphatic heterocycles. The average molecular weight is 264 g/mol. The standard InChI is InChI=1S/C12H16F4N2/c13-10-5-4-8(12(14,15)16)7-9(10)11(18)3-1-2-6-17/h4-5,7,11H,1-3,6,17-18H2/t11-/m0/s1. The van der Waals surface area contributed by atoms with Gasteiger partial charge in [0.1, 0.15) is 5.82 Å². The van der Waals surface area contributed by atoms with Crippen LogP contribution >= 0.6 is 0 Å². The molecule has 1 aromatic rings. The van der Waals surface area contributed by atoms with Crippen LogP contribution in [0.2, 0.25) is 0 Å². The molecule has 0 saturated heterocycles. The number of nitrogens with two attached hydrogens (primary N) is 2. The van der Waals surface area contributed by atoms with Gasteiger partial charge in [0.05, 0.1) is 5.56 Å². The second kappa shape index (κ2) is 6.15. The van der Waals surface area contributed by atoms with Gasteiger partial charge in [0.2, 0.25) is 0 Å². The van der Waals surface area contributed by atoms with Gasteiger partial charge in [0.25, 0.3) is 0 Å². The lowest BCUT2D eigenvalue weighted by Crippen LogP contribution is -2.15. The topological polar surface area (TPSA) is 52.0 Å². The van der Waals surface area contributed by atoms with Crippen molar-refractivity contribution < 1.29 is 17.6 Å². The zero-order valence-electron chi connectivity index (χ0n) is 9.80. The van der Waals surface area contributed by atoms with Gasteiger partial charge < -0.3 is 11.5 Å². The first kappa shape index (κ1) is 14.9. The van der Waals surface area contributed by atoms with Gasteiger partial charge >= 0.3 is 6.18 Å². The van der Waals surface area contributed by atoms with Gasteiger partial charge in [-0.3, -0.25) is 0 Å². The van der Waals surface area contributed by atoms with Gasteiger partial charge in [-0.1, -0.05) is 6.42 Å². The van der Waals surface area contributed by atoms with Gasteiger partial charge in [-0.15, -0.1) is 0 Å². The van der Waals surface area contributed by atoms with Crippen molar-refractivity contribution in [2.75, 3.05) is 6.54 Å². The normalized spacial score (nSPS) is 13.7. The third kappa shape index (κ3) is 3.96. The van der Waals surface area contributed by atoms with Crippen LogP contribution in [-0.2, 0) is 6.18 Å². The first-order valence-electron chi connectivity index (χ1n) is 5.68. The highest BCUT2D eigenvalue weighted by Crippen LogP contribution is 2.32. The SMILES string of the molecule is NCCCC[C@H](N)c1cc(C(F)(F)F)ccc1F. The van der Waals surface area contributed by atoms with Crippen LogP contribution in [0.3, 0.4) is 0 Å². The largest absolute Gasteiger partial charge is 0.416 e. The van der Waals surface area contributed by atoms with E-state index in [2.05, 4.69) is 0 Å². The maximum atomic E-state index is 13.4. The molecule has 0 aromatic heterocycles. The highest BCUT2D eigenvalue weighted by Gasteiger charge is 2.31. The molecule has 0 unspecified atom stereocenters. The summed E-state index contributed by atoms with van der Waals surface area (Å²) in [5, 5.41) is 0. The number of unbranched alkanes of at least 4 members (excludes halogenated alkanes) is 1. The van der Waals surface area contributed by atoms with Crippen LogP contribution in [0.4, 0.5) is 17.6 Å². The van der Waals surface area contributed by atoms with Crippen molar-refractivity contribution in [2.45, 2.75) is 31.5 Å². The molecular weight excluding hydrogens is 248 g/mol. The van der Waals surface area contributed by atoms with E-state index >= 15 is 0 Å². The van der Waals surface area contributed by atoms with Crippen molar-refractivity contribution in [3.05, 3.63) is 35.1 Å². The molecule has 4 N–H and O–H groups in total. The van der Waals surface area contributed by atoms with E-state index in [1.165, 1.54) is 0 Å². The van der Waals surface area contributed by atoms with Crippen LogP contribution in [0.5, 0.6) is 0 Å². The Bertz CT molecular complexity index is 390. The molecule has 0 bridgehead atoms. The van der Waals surface area contributed by atoms with E-state index in [4.69, 9.17) is 11.5 Å². The lowest BCUT2D eigenvalue weighted by atomic mass is 9.99. The summed E-state index contributed by atoms with van der Waals surface area (Å²) in [4.78, 5) is 0. The summed E-state index contributed by atoms with van der Waals surface area (Å²) in [6, 6.07) is 1.56. The molecule has 1 atom stereocenters. The Labute approximate surface area is 103 Å². The molecule has 102 valence electrons. The Hall–Kier alpha value is -1.14. The first-order valence-corrected chi connectivity index (χ1v) is 5.68. The minimum atomic E-state index is -4.49. The molecule has 0 fully saturated rings. The number of hydrogen-bond acceptors (Lipinski definition) is 2. The molecule has 1 rings (SSSR count). The van der Waals surface area contributed by atoms with Crippen molar-refractivity contribution >= 4 is 0 Å². The van der Waals surface area contributed by atoms with Crippen molar-refractivity contribution in [2.24, 2.45) is 11.5 Å². The Morgan fingerprint density at radius 1 is 1.17 bits per heavy atom. The van der Waals surface area contributed by atoms with Crippen LogP contribution in [0.25, 0.3) is 0 Å². The van der Waals surface area contributed by atoms with Crippen molar-refractivity contribution in [1.82, 2.24) is 0 Å². The van der Waals surface area contributed by atoms with Gasteiger partial charge in [0, 0.05) is 11.6 Å². The maximum Gasteiger partial charge on any atom is 0.416 e. The number of hydrogen-bond donors (Lipinski definition) is 2. The Morgan fingerprint density at radius 2 is 1.83 bits per heavy atom. The van der Waals surface area contributed by atoms with E-state index in [0.717, 1.165) is 12.1 Å². The third-order valence-corrected chi connectivity index (χ3v) is 2.69. The molecule has 0 amide bonds. The van der Waals surface area contributed by atoms with Crippen LogP contribution < -0.4 is 11.5 Å². The van der Waals surface area contributed by atoms with E-state index in [1.807, 2.05) is 0 Å². The Balaban J connectivity index is 2.86. The van der Waals surface area contributed by atoms with Gasteiger partial charge in [-0.05, 0) is 37.6 Å². The van der Waals surface area contributed by atoms with Crippen LogP contribution in [0.1, 0.15) is 36.4 Å². The second-order valence-corrected chi connectivity index (χ2v) is 4.13. The van der Waals surface area contributed by atoms with E-state index < -0.39 is 23.6 Å². The van der Waals surface area contributed by atoms with Crippen molar-refractivity contribution in [1.29, 1.82) is 0 Å². The summed E-state index contributed by atoms with van der Waals surface area (Å²) in [7, 11) is 0. The summed E-state index contributed by atoms with van der Waals surface area (Å²) in [6.07, 6.45) is -2.70.